The predicted octanol–water partition coefficient (Wildman–Crippen LogP) is 3.43. The van der Waals surface area contributed by atoms with Gasteiger partial charge in [0.15, 0.2) is 6.23 Å². The summed E-state index contributed by atoms with van der Waals surface area (Å²) in [5, 5.41) is 12.5. The van der Waals surface area contributed by atoms with Gasteiger partial charge in [0, 0.05) is 5.56 Å². The molecule has 1 aliphatic rings. The fourth-order valence-corrected chi connectivity index (χ4v) is 2.78. The average Bonchev–Trinajstić information content (AvgIpc) is 2.96. The number of carbonyl (C=O) groups is 1. The number of rotatable bonds is 1. The summed E-state index contributed by atoms with van der Waals surface area (Å²) in [5.41, 5.74) is 3.44. The molecule has 1 amide bonds. The Bertz CT molecular complexity index is 964. The standard InChI is InChI=1S/C18H12N2O3/c1-10-9-22-14-7-6-13-16(15(10)14)23-18(20-17(13)21)12-4-2-11(8-19)3-5-12/h2-7,9,18H,1H3,(H,20,21). The second-order valence-corrected chi connectivity index (χ2v) is 5.44. The average molecular weight is 304 g/mol. The molecule has 0 saturated carbocycles. The smallest absolute Gasteiger partial charge is 0.258 e. The van der Waals surface area contributed by atoms with Crippen molar-refractivity contribution in [1.82, 2.24) is 5.32 Å². The first-order valence-electron chi connectivity index (χ1n) is 7.16. The minimum absolute atomic E-state index is 0.192. The summed E-state index contributed by atoms with van der Waals surface area (Å²) in [4.78, 5) is 12.4. The van der Waals surface area contributed by atoms with E-state index in [1.54, 1.807) is 42.7 Å². The SMILES string of the molecule is Cc1coc2ccc3c(c12)OC(c1ccc(C#N)cc1)NC3=O. The van der Waals surface area contributed by atoms with Crippen molar-refractivity contribution < 1.29 is 13.9 Å². The Morgan fingerprint density at radius 3 is 2.70 bits per heavy atom. The Morgan fingerprint density at radius 1 is 1.17 bits per heavy atom. The van der Waals surface area contributed by atoms with Crippen LogP contribution in [0.1, 0.15) is 33.3 Å². The molecule has 0 bridgehead atoms. The summed E-state index contributed by atoms with van der Waals surface area (Å²) in [7, 11) is 0. The first-order chi connectivity index (χ1) is 11.2. The van der Waals surface area contributed by atoms with E-state index in [0.717, 1.165) is 16.5 Å². The molecule has 0 radical (unpaired) electrons. The van der Waals surface area contributed by atoms with Crippen molar-refractivity contribution in [2.45, 2.75) is 13.2 Å². The summed E-state index contributed by atoms with van der Waals surface area (Å²) < 4.78 is 11.5. The van der Waals surface area contributed by atoms with Crippen LogP contribution in [-0.2, 0) is 0 Å². The van der Waals surface area contributed by atoms with E-state index in [1.165, 1.54) is 0 Å². The molecular weight excluding hydrogens is 292 g/mol. The molecule has 0 fully saturated rings. The highest BCUT2D eigenvalue weighted by molar-refractivity contribution is 6.04. The third-order valence-corrected chi connectivity index (χ3v) is 3.96. The Labute approximate surface area is 132 Å². The van der Waals surface area contributed by atoms with Gasteiger partial charge >= 0.3 is 0 Å². The van der Waals surface area contributed by atoms with Crippen LogP contribution in [0.3, 0.4) is 0 Å². The van der Waals surface area contributed by atoms with Crippen molar-refractivity contribution in [2.75, 3.05) is 0 Å². The lowest BCUT2D eigenvalue weighted by molar-refractivity contribution is 0.0761. The van der Waals surface area contributed by atoms with E-state index >= 15 is 0 Å². The second kappa shape index (κ2) is 4.89. The first kappa shape index (κ1) is 13.4. The molecule has 0 aliphatic carbocycles. The topological polar surface area (TPSA) is 75.3 Å². The summed E-state index contributed by atoms with van der Waals surface area (Å²) in [6.45, 7) is 1.92. The molecule has 1 N–H and O–H groups in total. The monoisotopic (exact) mass is 304 g/mol. The number of benzene rings is 2. The molecule has 0 spiro atoms. The van der Waals surface area contributed by atoms with E-state index in [0.29, 0.717) is 22.5 Å². The minimum Gasteiger partial charge on any atom is -0.465 e. The molecule has 1 aliphatic heterocycles. The van der Waals surface area contributed by atoms with Crippen LogP contribution in [0.5, 0.6) is 5.75 Å². The van der Waals surface area contributed by atoms with Crippen molar-refractivity contribution in [3.63, 3.8) is 0 Å². The summed E-state index contributed by atoms with van der Waals surface area (Å²) in [6.07, 6.45) is 1.06. The van der Waals surface area contributed by atoms with Crippen molar-refractivity contribution in [3.05, 3.63) is 64.9 Å². The number of aryl methyl sites for hydroxylation is 1. The molecule has 23 heavy (non-hydrogen) atoms. The molecule has 112 valence electrons. The number of nitrogens with zero attached hydrogens (tertiary/aromatic N) is 1. The number of fused-ring (bicyclic) bond motifs is 3. The third-order valence-electron chi connectivity index (χ3n) is 3.96. The normalized spacial score (nSPS) is 16.3. The highest BCUT2D eigenvalue weighted by Gasteiger charge is 2.29. The van der Waals surface area contributed by atoms with Crippen LogP contribution in [0.2, 0.25) is 0 Å². The number of ether oxygens (including phenoxy) is 1. The van der Waals surface area contributed by atoms with Gasteiger partial charge in [-0.2, -0.15) is 5.26 Å². The van der Waals surface area contributed by atoms with Crippen molar-refractivity contribution >= 4 is 16.9 Å². The van der Waals surface area contributed by atoms with Gasteiger partial charge in [0.05, 0.1) is 28.8 Å². The number of furan rings is 1. The summed E-state index contributed by atoms with van der Waals surface area (Å²) >= 11 is 0. The van der Waals surface area contributed by atoms with Gasteiger partial charge in [0.2, 0.25) is 0 Å². The highest BCUT2D eigenvalue weighted by atomic mass is 16.5. The molecule has 4 rings (SSSR count). The fourth-order valence-electron chi connectivity index (χ4n) is 2.78. The lowest BCUT2D eigenvalue weighted by Crippen LogP contribution is -2.36. The minimum atomic E-state index is -0.595. The molecule has 1 unspecified atom stereocenters. The van der Waals surface area contributed by atoms with Gasteiger partial charge in [0.1, 0.15) is 11.3 Å². The van der Waals surface area contributed by atoms with E-state index in [4.69, 9.17) is 14.4 Å². The zero-order chi connectivity index (χ0) is 16.0. The summed E-state index contributed by atoms with van der Waals surface area (Å²) in [5.74, 6) is 0.343. The maximum atomic E-state index is 12.4. The zero-order valence-electron chi connectivity index (χ0n) is 12.3. The van der Waals surface area contributed by atoms with Gasteiger partial charge in [-0.05, 0) is 36.8 Å². The first-order valence-corrected chi connectivity index (χ1v) is 7.16. The molecule has 0 saturated heterocycles. The van der Waals surface area contributed by atoms with Crippen LogP contribution in [0.15, 0.2) is 47.1 Å². The van der Waals surface area contributed by atoms with Crippen LogP contribution in [0, 0.1) is 18.3 Å². The van der Waals surface area contributed by atoms with E-state index in [-0.39, 0.29) is 5.91 Å². The Hall–Kier alpha value is -3.26. The Morgan fingerprint density at radius 2 is 1.96 bits per heavy atom. The number of carbonyl (C=O) groups excluding carboxylic acids is 1. The quantitative estimate of drug-likeness (QED) is 0.747. The molecule has 5 nitrogen and oxygen atoms in total. The van der Waals surface area contributed by atoms with E-state index in [1.807, 2.05) is 6.92 Å². The molecule has 2 heterocycles. The number of hydrogen-bond donors (Lipinski definition) is 1. The second-order valence-electron chi connectivity index (χ2n) is 5.44. The van der Waals surface area contributed by atoms with Gasteiger partial charge in [-0.15, -0.1) is 0 Å². The van der Waals surface area contributed by atoms with Crippen molar-refractivity contribution in [1.29, 1.82) is 5.26 Å². The Kier molecular flexibility index (Phi) is 2.85. The van der Waals surface area contributed by atoms with E-state index < -0.39 is 6.23 Å². The fraction of sp³-hybridized carbons (Fsp3) is 0.111. The van der Waals surface area contributed by atoms with Crippen LogP contribution in [-0.4, -0.2) is 5.91 Å². The highest BCUT2D eigenvalue weighted by Crippen LogP contribution is 2.38. The molecule has 1 atom stereocenters. The van der Waals surface area contributed by atoms with Crippen molar-refractivity contribution in [2.24, 2.45) is 0 Å². The Balaban J connectivity index is 1.81. The number of hydrogen-bond acceptors (Lipinski definition) is 4. The molecule has 3 aromatic rings. The third kappa shape index (κ3) is 2.04. The van der Waals surface area contributed by atoms with E-state index in [9.17, 15) is 4.79 Å². The molecular formula is C18H12N2O3. The van der Waals surface area contributed by atoms with Crippen LogP contribution in [0.25, 0.3) is 11.0 Å². The van der Waals surface area contributed by atoms with Gasteiger partial charge < -0.3 is 14.5 Å². The number of amides is 1. The molecule has 1 aromatic heterocycles. The van der Waals surface area contributed by atoms with Gasteiger partial charge in [-0.3, -0.25) is 4.79 Å². The maximum absolute atomic E-state index is 12.4. The molecule has 2 aromatic carbocycles. The zero-order valence-corrected chi connectivity index (χ0v) is 12.3. The molecule has 5 heteroatoms. The largest absolute Gasteiger partial charge is 0.465 e. The van der Waals surface area contributed by atoms with Crippen LogP contribution in [0.4, 0.5) is 0 Å². The number of nitrogens with one attached hydrogen (secondary N) is 1. The summed E-state index contributed by atoms with van der Waals surface area (Å²) in [6, 6.07) is 12.5. The predicted molar refractivity (Wildman–Crippen MR) is 82.9 cm³/mol. The lowest BCUT2D eigenvalue weighted by Gasteiger charge is -2.27. The van der Waals surface area contributed by atoms with Crippen molar-refractivity contribution in [3.8, 4) is 11.8 Å². The van der Waals surface area contributed by atoms with Gasteiger partial charge in [0.25, 0.3) is 5.91 Å². The van der Waals surface area contributed by atoms with Gasteiger partial charge in [-0.1, -0.05) is 12.1 Å². The maximum Gasteiger partial charge on any atom is 0.258 e. The van der Waals surface area contributed by atoms with E-state index in [2.05, 4.69) is 11.4 Å². The van der Waals surface area contributed by atoms with Gasteiger partial charge in [-0.25, -0.2) is 0 Å². The van der Waals surface area contributed by atoms with Crippen LogP contribution < -0.4 is 10.1 Å². The lowest BCUT2D eigenvalue weighted by atomic mass is 10.0. The number of nitriles is 1. The van der Waals surface area contributed by atoms with Crippen LogP contribution >= 0.6 is 0 Å².